The van der Waals surface area contributed by atoms with Crippen molar-refractivity contribution < 1.29 is 4.79 Å². The smallest absolute Gasteiger partial charge is 0.251 e. The Kier molecular flexibility index (Phi) is 5.30. The fourth-order valence-corrected chi connectivity index (χ4v) is 2.88. The molecule has 0 unspecified atom stereocenters. The quantitative estimate of drug-likeness (QED) is 0.661. The maximum Gasteiger partial charge on any atom is 0.251 e. The fourth-order valence-electron chi connectivity index (χ4n) is 2.25. The second-order valence-corrected chi connectivity index (χ2v) is 6.35. The van der Waals surface area contributed by atoms with E-state index in [9.17, 15) is 4.79 Å². The molecule has 0 aliphatic rings. The van der Waals surface area contributed by atoms with Crippen LogP contribution in [0.3, 0.4) is 0 Å². The average Bonchev–Trinajstić information content (AvgIpc) is 3.09. The van der Waals surface area contributed by atoms with E-state index in [2.05, 4.69) is 42.1 Å². The molecule has 3 rings (SSSR count). The van der Waals surface area contributed by atoms with Crippen LogP contribution in [0.1, 0.15) is 16.2 Å². The van der Waals surface area contributed by atoms with Gasteiger partial charge in [-0.15, -0.1) is 5.10 Å². The van der Waals surface area contributed by atoms with E-state index < -0.39 is 0 Å². The highest BCUT2D eigenvalue weighted by Crippen LogP contribution is 2.24. The Labute approximate surface area is 157 Å². The highest BCUT2D eigenvalue weighted by molar-refractivity contribution is 9.10. The Hall–Kier alpha value is -2.45. The zero-order chi connectivity index (χ0) is 17.8. The average molecular weight is 422 g/mol. The van der Waals surface area contributed by atoms with Crippen molar-refractivity contribution in [3.05, 3.63) is 63.3 Å². The van der Waals surface area contributed by atoms with Gasteiger partial charge >= 0.3 is 0 Å². The molecule has 25 heavy (non-hydrogen) atoms. The van der Waals surface area contributed by atoms with Gasteiger partial charge in [0.2, 0.25) is 0 Å². The molecule has 1 aromatic heterocycles. The predicted molar refractivity (Wildman–Crippen MR) is 99.0 cm³/mol. The van der Waals surface area contributed by atoms with Crippen molar-refractivity contribution in [3.63, 3.8) is 0 Å². The first-order chi connectivity index (χ1) is 12.1. The number of anilines is 1. The van der Waals surface area contributed by atoms with Crippen molar-refractivity contribution in [3.8, 4) is 5.69 Å². The van der Waals surface area contributed by atoms with Crippen LogP contribution in [-0.4, -0.2) is 33.2 Å². The zero-order valence-electron chi connectivity index (χ0n) is 13.2. The lowest BCUT2D eigenvalue weighted by Crippen LogP contribution is -2.18. The molecule has 9 heteroatoms. The van der Waals surface area contributed by atoms with E-state index in [4.69, 9.17) is 11.6 Å². The molecule has 0 bridgehead atoms. The second-order valence-electron chi connectivity index (χ2n) is 5.09. The number of carbonyl (C=O) groups is 1. The molecule has 0 fully saturated rings. The third kappa shape index (κ3) is 3.80. The van der Waals surface area contributed by atoms with Crippen molar-refractivity contribution in [1.29, 1.82) is 0 Å². The Balaban J connectivity index is 1.83. The third-order valence-electron chi connectivity index (χ3n) is 3.51. The summed E-state index contributed by atoms with van der Waals surface area (Å²) in [6.07, 6.45) is 0. The molecule has 0 radical (unpaired) electrons. The van der Waals surface area contributed by atoms with Gasteiger partial charge in [-0.25, -0.2) is 0 Å². The standard InChI is InChI=1S/C16H14BrClN6O/c1-19-16(25)10-6-7-12(18)13(8-10)20-9-15-21-22-23-24(15)14-5-3-2-4-11(14)17/h2-8,20H,9H2,1H3,(H,19,25). The molecular formula is C16H14BrClN6O. The molecule has 1 heterocycles. The summed E-state index contributed by atoms with van der Waals surface area (Å²) < 4.78 is 2.51. The molecule has 0 spiro atoms. The van der Waals surface area contributed by atoms with E-state index in [-0.39, 0.29) is 5.91 Å². The maximum absolute atomic E-state index is 11.8. The molecule has 0 atom stereocenters. The van der Waals surface area contributed by atoms with E-state index in [0.717, 1.165) is 10.2 Å². The first-order valence-electron chi connectivity index (χ1n) is 7.38. The van der Waals surface area contributed by atoms with Crippen molar-refractivity contribution in [2.45, 2.75) is 6.54 Å². The molecule has 128 valence electrons. The number of nitrogens with zero attached hydrogens (tertiary/aromatic N) is 4. The number of carbonyl (C=O) groups excluding carboxylic acids is 1. The van der Waals surface area contributed by atoms with Crippen LogP contribution in [0.5, 0.6) is 0 Å². The summed E-state index contributed by atoms with van der Waals surface area (Å²) >= 11 is 9.70. The topological polar surface area (TPSA) is 84.7 Å². The van der Waals surface area contributed by atoms with Gasteiger partial charge in [0.05, 0.1) is 22.9 Å². The predicted octanol–water partition coefficient (Wildman–Crippen LogP) is 3.05. The van der Waals surface area contributed by atoms with E-state index in [1.54, 1.807) is 29.9 Å². The number of benzene rings is 2. The minimum absolute atomic E-state index is 0.183. The number of nitrogens with one attached hydrogen (secondary N) is 2. The van der Waals surface area contributed by atoms with Crippen LogP contribution in [0.4, 0.5) is 5.69 Å². The van der Waals surface area contributed by atoms with Crippen LogP contribution in [0.15, 0.2) is 46.9 Å². The molecular weight excluding hydrogens is 408 g/mol. The van der Waals surface area contributed by atoms with Gasteiger partial charge in [-0.3, -0.25) is 4.79 Å². The molecule has 3 aromatic rings. The molecule has 1 amide bonds. The number of hydrogen-bond donors (Lipinski definition) is 2. The fraction of sp³-hybridized carbons (Fsp3) is 0.125. The molecule has 0 saturated carbocycles. The molecule has 2 aromatic carbocycles. The highest BCUT2D eigenvalue weighted by atomic mass is 79.9. The summed E-state index contributed by atoms with van der Waals surface area (Å²) in [5.74, 6) is 0.422. The normalized spacial score (nSPS) is 10.5. The Bertz CT molecular complexity index is 913. The van der Waals surface area contributed by atoms with Gasteiger partial charge in [0.15, 0.2) is 5.82 Å². The van der Waals surface area contributed by atoms with Gasteiger partial charge in [-0.05, 0) is 56.7 Å². The van der Waals surface area contributed by atoms with Gasteiger partial charge in [-0.2, -0.15) is 4.68 Å². The van der Waals surface area contributed by atoms with Gasteiger partial charge < -0.3 is 10.6 Å². The van der Waals surface area contributed by atoms with Gasteiger partial charge in [-0.1, -0.05) is 23.7 Å². The number of rotatable bonds is 5. The van der Waals surface area contributed by atoms with Gasteiger partial charge in [0.25, 0.3) is 5.91 Å². The Morgan fingerprint density at radius 3 is 2.84 bits per heavy atom. The largest absolute Gasteiger partial charge is 0.376 e. The number of aromatic nitrogens is 4. The summed E-state index contributed by atoms with van der Waals surface area (Å²) in [5, 5.41) is 18.1. The lowest BCUT2D eigenvalue weighted by Gasteiger charge is -2.11. The lowest BCUT2D eigenvalue weighted by atomic mass is 10.2. The molecule has 0 aliphatic carbocycles. The summed E-state index contributed by atoms with van der Waals surface area (Å²) in [7, 11) is 1.58. The van der Waals surface area contributed by atoms with Crippen molar-refractivity contribution in [1.82, 2.24) is 25.5 Å². The van der Waals surface area contributed by atoms with Crippen molar-refractivity contribution >= 4 is 39.1 Å². The minimum atomic E-state index is -0.183. The Morgan fingerprint density at radius 2 is 2.08 bits per heavy atom. The van der Waals surface area contributed by atoms with Crippen LogP contribution in [-0.2, 0) is 6.54 Å². The van der Waals surface area contributed by atoms with E-state index in [0.29, 0.717) is 28.6 Å². The van der Waals surface area contributed by atoms with Crippen LogP contribution in [0, 0.1) is 0 Å². The summed E-state index contributed by atoms with van der Waals surface area (Å²) in [4.78, 5) is 11.8. The molecule has 0 aliphatic heterocycles. The van der Waals surface area contributed by atoms with Crippen LogP contribution >= 0.6 is 27.5 Å². The second kappa shape index (κ2) is 7.62. The number of para-hydroxylation sites is 1. The zero-order valence-corrected chi connectivity index (χ0v) is 15.5. The lowest BCUT2D eigenvalue weighted by molar-refractivity contribution is 0.0963. The monoisotopic (exact) mass is 420 g/mol. The van der Waals surface area contributed by atoms with Crippen molar-refractivity contribution in [2.24, 2.45) is 0 Å². The SMILES string of the molecule is CNC(=O)c1ccc(Cl)c(NCc2nnnn2-c2ccccc2Br)c1. The summed E-state index contributed by atoms with van der Waals surface area (Å²) in [6, 6.07) is 12.7. The first kappa shape index (κ1) is 17.4. The molecule has 0 saturated heterocycles. The van der Waals surface area contributed by atoms with Crippen LogP contribution < -0.4 is 10.6 Å². The number of amides is 1. The van der Waals surface area contributed by atoms with E-state index >= 15 is 0 Å². The first-order valence-corrected chi connectivity index (χ1v) is 8.55. The summed E-state index contributed by atoms with van der Waals surface area (Å²) in [5.41, 5.74) is 1.97. The van der Waals surface area contributed by atoms with Crippen LogP contribution in [0.25, 0.3) is 5.69 Å². The van der Waals surface area contributed by atoms with Crippen molar-refractivity contribution in [2.75, 3.05) is 12.4 Å². The number of halogens is 2. The maximum atomic E-state index is 11.8. The van der Waals surface area contributed by atoms with Crippen LogP contribution in [0.2, 0.25) is 5.02 Å². The third-order valence-corrected chi connectivity index (χ3v) is 4.51. The van der Waals surface area contributed by atoms with E-state index in [1.165, 1.54) is 0 Å². The number of tetrazole rings is 1. The van der Waals surface area contributed by atoms with Gasteiger partial charge in [0.1, 0.15) is 0 Å². The molecule has 2 N–H and O–H groups in total. The number of hydrogen-bond acceptors (Lipinski definition) is 5. The van der Waals surface area contributed by atoms with Gasteiger partial charge in [0, 0.05) is 17.1 Å². The Morgan fingerprint density at radius 1 is 1.28 bits per heavy atom. The summed E-state index contributed by atoms with van der Waals surface area (Å²) in [6.45, 7) is 0.339. The minimum Gasteiger partial charge on any atom is -0.376 e. The highest BCUT2D eigenvalue weighted by Gasteiger charge is 2.12. The van der Waals surface area contributed by atoms with E-state index in [1.807, 2.05) is 24.3 Å². The molecule has 7 nitrogen and oxygen atoms in total.